The molecule has 0 saturated carbocycles. The molecule has 0 aromatic heterocycles. The Morgan fingerprint density at radius 2 is 1.61 bits per heavy atom. The first-order valence-corrected chi connectivity index (χ1v) is 6.37. The molecule has 18 heavy (non-hydrogen) atoms. The highest BCUT2D eigenvalue weighted by Gasteiger charge is 2.13. The number of hydrogen-bond acceptors (Lipinski definition) is 3. The molecule has 0 aliphatic heterocycles. The topological polar surface area (TPSA) is 72.3 Å². The van der Waals surface area contributed by atoms with Crippen LogP contribution in [0.5, 0.6) is 0 Å². The molecule has 0 saturated heterocycles. The average molecular weight is 265 g/mol. The van der Waals surface area contributed by atoms with Crippen molar-refractivity contribution in [1.29, 1.82) is 0 Å². The lowest BCUT2D eigenvalue weighted by molar-refractivity contribution is -0.126. The van der Waals surface area contributed by atoms with Crippen LogP contribution in [0.15, 0.2) is 18.2 Å². The van der Waals surface area contributed by atoms with Gasteiger partial charge in [-0.15, -0.1) is 0 Å². The van der Waals surface area contributed by atoms with E-state index in [0.717, 1.165) is 23.4 Å². The van der Waals surface area contributed by atoms with Crippen molar-refractivity contribution in [2.45, 2.75) is 33.1 Å². The minimum absolute atomic E-state index is 0.109. The van der Waals surface area contributed by atoms with Crippen LogP contribution in [0.4, 0.5) is 0 Å². The third-order valence-electron chi connectivity index (χ3n) is 2.79. The first kappa shape index (κ1) is 14.6. The van der Waals surface area contributed by atoms with Gasteiger partial charge in [0, 0.05) is 0 Å². The van der Waals surface area contributed by atoms with Crippen molar-refractivity contribution >= 4 is 23.2 Å². The van der Waals surface area contributed by atoms with Crippen LogP contribution in [0.25, 0.3) is 0 Å². The maximum Gasteiger partial charge on any atom is 0.247 e. The van der Waals surface area contributed by atoms with Gasteiger partial charge in [0.15, 0.2) is 5.11 Å². The molecule has 0 bridgehead atoms. The van der Waals surface area contributed by atoms with Gasteiger partial charge in [-0.3, -0.25) is 4.79 Å². The zero-order chi connectivity index (χ0) is 13.7. The van der Waals surface area contributed by atoms with Gasteiger partial charge < -0.3 is 5.73 Å². The van der Waals surface area contributed by atoms with Crippen LogP contribution >= 0.6 is 12.2 Å². The highest BCUT2D eigenvalue weighted by Crippen LogP contribution is 2.13. The molecule has 0 fully saturated rings. The third kappa shape index (κ3) is 3.78. The summed E-state index contributed by atoms with van der Waals surface area (Å²) < 4.78 is 0. The van der Waals surface area contributed by atoms with Crippen molar-refractivity contribution in [3.8, 4) is 0 Å². The number of benzene rings is 1. The molecule has 0 atom stereocenters. The molecule has 98 valence electrons. The van der Waals surface area contributed by atoms with E-state index in [1.807, 2.05) is 12.1 Å². The third-order valence-corrected chi connectivity index (χ3v) is 2.99. The van der Waals surface area contributed by atoms with Crippen molar-refractivity contribution in [3.63, 3.8) is 0 Å². The van der Waals surface area contributed by atoms with Crippen LogP contribution in [0.3, 0.4) is 0 Å². The maximum absolute atomic E-state index is 11.8. The Kier molecular flexibility index (Phi) is 5.25. The lowest BCUT2D eigenvalue weighted by Gasteiger charge is -2.14. The van der Waals surface area contributed by atoms with E-state index in [2.05, 4.69) is 32.1 Å². The predicted molar refractivity (Wildman–Crippen MR) is 76.7 cm³/mol. The number of nitrogens with zero attached hydrogens (tertiary/aromatic N) is 1. The Hall–Kier alpha value is -1.46. The number of carbonyl (C=O) groups is 1. The molecule has 0 heterocycles. The lowest BCUT2D eigenvalue weighted by atomic mass is 10.0. The number of thiocarbonyl (C=S) groups is 1. The fourth-order valence-corrected chi connectivity index (χ4v) is 1.83. The number of rotatable bonds is 4. The van der Waals surface area contributed by atoms with Crippen LogP contribution in [0.1, 0.15) is 30.5 Å². The first-order chi connectivity index (χ1) is 8.47. The van der Waals surface area contributed by atoms with Gasteiger partial charge in [0.25, 0.3) is 0 Å². The highest BCUT2D eigenvalue weighted by atomic mass is 32.1. The van der Waals surface area contributed by atoms with E-state index in [1.54, 1.807) is 0 Å². The van der Waals surface area contributed by atoms with Crippen molar-refractivity contribution in [1.82, 2.24) is 5.01 Å². The Labute approximate surface area is 113 Å². The van der Waals surface area contributed by atoms with Gasteiger partial charge in [0.1, 0.15) is 0 Å². The minimum atomic E-state index is -0.294. The normalized spacial score (nSPS) is 10.2. The SMILES string of the molecule is CCc1cc(CC)cc(CC(=O)N(N)C(N)=S)c1. The van der Waals surface area contributed by atoms with E-state index < -0.39 is 0 Å². The van der Waals surface area contributed by atoms with Gasteiger partial charge in [0.05, 0.1) is 6.42 Å². The van der Waals surface area contributed by atoms with Crippen LogP contribution in [0, 0.1) is 0 Å². The number of amides is 1. The monoisotopic (exact) mass is 265 g/mol. The van der Waals surface area contributed by atoms with Crippen molar-refractivity contribution in [2.75, 3.05) is 0 Å². The summed E-state index contributed by atoms with van der Waals surface area (Å²) in [4.78, 5) is 11.8. The quantitative estimate of drug-likeness (QED) is 0.372. The summed E-state index contributed by atoms with van der Waals surface area (Å²) in [6.45, 7) is 4.18. The van der Waals surface area contributed by atoms with Gasteiger partial charge in [-0.05, 0) is 41.7 Å². The Balaban J connectivity index is 2.90. The van der Waals surface area contributed by atoms with Crippen LogP contribution in [-0.4, -0.2) is 16.0 Å². The summed E-state index contributed by atoms with van der Waals surface area (Å²) in [5.41, 5.74) is 8.70. The predicted octanol–water partition coefficient (Wildman–Crippen LogP) is 1.30. The van der Waals surface area contributed by atoms with Gasteiger partial charge in [-0.25, -0.2) is 10.9 Å². The molecule has 4 nitrogen and oxygen atoms in total. The van der Waals surface area contributed by atoms with Crippen LogP contribution in [0.2, 0.25) is 0 Å². The van der Waals surface area contributed by atoms with Crippen LogP contribution in [-0.2, 0) is 24.1 Å². The molecule has 0 aliphatic carbocycles. The minimum Gasteiger partial charge on any atom is -0.375 e. The smallest absolute Gasteiger partial charge is 0.247 e. The second-order valence-corrected chi connectivity index (χ2v) is 4.56. The largest absolute Gasteiger partial charge is 0.375 e. The second-order valence-electron chi connectivity index (χ2n) is 4.14. The second kappa shape index (κ2) is 6.47. The highest BCUT2D eigenvalue weighted by molar-refractivity contribution is 7.80. The van der Waals surface area contributed by atoms with E-state index in [-0.39, 0.29) is 17.4 Å². The van der Waals surface area contributed by atoms with E-state index in [9.17, 15) is 4.79 Å². The zero-order valence-corrected chi connectivity index (χ0v) is 11.6. The molecule has 1 aromatic carbocycles. The van der Waals surface area contributed by atoms with Gasteiger partial charge in [-0.2, -0.15) is 0 Å². The number of aryl methyl sites for hydroxylation is 2. The van der Waals surface area contributed by atoms with Crippen molar-refractivity contribution in [3.05, 3.63) is 34.9 Å². The molecule has 4 N–H and O–H groups in total. The number of hydrazine groups is 1. The standard InChI is InChI=1S/C13H19N3OS/c1-3-9-5-10(4-2)7-11(6-9)8-12(17)16(15)13(14)18/h5-7H,3-4,8,15H2,1-2H3,(H2,14,18). The molecule has 0 spiro atoms. The fourth-order valence-electron chi connectivity index (χ4n) is 1.73. The number of carbonyl (C=O) groups excluding carboxylic acids is 1. The van der Waals surface area contributed by atoms with Crippen molar-refractivity contribution < 1.29 is 4.79 Å². The summed E-state index contributed by atoms with van der Waals surface area (Å²) >= 11 is 4.67. The summed E-state index contributed by atoms with van der Waals surface area (Å²) in [7, 11) is 0. The fraction of sp³-hybridized carbons (Fsp3) is 0.385. The van der Waals surface area contributed by atoms with E-state index >= 15 is 0 Å². The Morgan fingerprint density at radius 3 is 2.00 bits per heavy atom. The molecule has 5 heteroatoms. The molecular weight excluding hydrogens is 246 g/mol. The van der Waals surface area contributed by atoms with E-state index in [1.165, 1.54) is 11.1 Å². The van der Waals surface area contributed by atoms with Gasteiger partial charge in [0.2, 0.25) is 5.91 Å². The summed E-state index contributed by atoms with van der Waals surface area (Å²) in [6.07, 6.45) is 2.10. The number of hydrogen-bond donors (Lipinski definition) is 2. The maximum atomic E-state index is 11.8. The molecule has 0 aliphatic rings. The molecule has 1 aromatic rings. The van der Waals surface area contributed by atoms with Gasteiger partial charge >= 0.3 is 0 Å². The van der Waals surface area contributed by atoms with Crippen molar-refractivity contribution in [2.24, 2.45) is 11.6 Å². The van der Waals surface area contributed by atoms with E-state index in [4.69, 9.17) is 11.6 Å². The molecule has 0 radical (unpaired) electrons. The Morgan fingerprint density at radius 1 is 1.17 bits per heavy atom. The Bertz CT molecular complexity index is 437. The van der Waals surface area contributed by atoms with Crippen LogP contribution < -0.4 is 11.6 Å². The lowest BCUT2D eigenvalue weighted by Crippen LogP contribution is -2.46. The summed E-state index contributed by atoms with van der Waals surface area (Å²) in [5.74, 6) is 5.17. The number of nitrogens with two attached hydrogens (primary N) is 2. The van der Waals surface area contributed by atoms with E-state index in [0.29, 0.717) is 0 Å². The van der Waals surface area contributed by atoms with Gasteiger partial charge in [-0.1, -0.05) is 32.0 Å². The summed E-state index contributed by atoms with van der Waals surface area (Å²) in [6, 6.07) is 6.19. The molecule has 1 amide bonds. The summed E-state index contributed by atoms with van der Waals surface area (Å²) in [5, 5.41) is 0.710. The average Bonchev–Trinajstić information content (AvgIpc) is 2.36. The zero-order valence-electron chi connectivity index (χ0n) is 10.8. The molecular formula is C13H19N3OS. The molecule has 0 unspecified atom stereocenters. The molecule has 1 rings (SSSR count). The first-order valence-electron chi connectivity index (χ1n) is 5.96.